The molecular formula is C12H19N3O2S2. The number of anilines is 2. The van der Waals surface area contributed by atoms with Gasteiger partial charge < -0.3 is 10.6 Å². The molecule has 1 saturated heterocycles. The van der Waals surface area contributed by atoms with Gasteiger partial charge in [-0.3, -0.25) is 0 Å². The first-order valence-corrected chi connectivity index (χ1v) is 9.06. The highest BCUT2D eigenvalue weighted by Gasteiger charge is 2.41. The molecule has 106 valence electrons. The Morgan fingerprint density at radius 3 is 2.47 bits per heavy atom. The lowest BCUT2D eigenvalue weighted by Gasteiger charge is -2.31. The number of sulfone groups is 1. The first-order valence-electron chi connectivity index (χ1n) is 6.74. The van der Waals surface area contributed by atoms with Crippen molar-refractivity contribution in [1.82, 2.24) is 4.37 Å². The number of hydrogen-bond acceptors (Lipinski definition) is 6. The number of hydrogen-bond donors (Lipinski definition) is 1. The fourth-order valence-corrected chi connectivity index (χ4v) is 5.59. The summed E-state index contributed by atoms with van der Waals surface area (Å²) in [5.74, 6) is 0.899. The zero-order chi connectivity index (χ0) is 13.6. The number of nitrogen functional groups attached to an aromatic ring is 1. The Labute approximate surface area is 117 Å². The van der Waals surface area contributed by atoms with Gasteiger partial charge in [-0.15, -0.1) is 0 Å². The minimum Gasteiger partial charge on any atom is -0.382 e. The first kappa shape index (κ1) is 13.2. The number of rotatable bonds is 3. The number of nitrogens with zero attached hydrogens (tertiary/aromatic N) is 2. The lowest BCUT2D eigenvalue weighted by atomic mass is 10.00. The molecule has 3 rings (SSSR count). The Hall–Kier alpha value is -0.820. The average Bonchev–Trinajstić information content (AvgIpc) is 3.14. The van der Waals surface area contributed by atoms with Gasteiger partial charge in [-0.25, -0.2) is 8.42 Å². The SMILES string of the molecule is CC1CCN(c2snc(N)c2S(=O)(=O)C2CC2)CC1. The Morgan fingerprint density at radius 1 is 1.26 bits per heavy atom. The maximum absolute atomic E-state index is 12.5. The van der Waals surface area contributed by atoms with Crippen LogP contribution in [0.15, 0.2) is 4.90 Å². The molecule has 1 aliphatic heterocycles. The minimum absolute atomic E-state index is 0.186. The van der Waals surface area contributed by atoms with Crippen molar-refractivity contribution in [3.8, 4) is 0 Å². The average molecular weight is 301 g/mol. The highest BCUT2D eigenvalue weighted by atomic mass is 32.2. The van der Waals surface area contributed by atoms with E-state index in [1.54, 1.807) is 0 Å². The van der Waals surface area contributed by atoms with Crippen LogP contribution in [-0.4, -0.2) is 31.1 Å². The van der Waals surface area contributed by atoms with Gasteiger partial charge in [0.15, 0.2) is 15.7 Å². The van der Waals surface area contributed by atoms with Crippen LogP contribution in [0, 0.1) is 5.92 Å². The number of nitrogens with two attached hydrogens (primary N) is 1. The van der Waals surface area contributed by atoms with Crippen molar-refractivity contribution in [2.24, 2.45) is 5.92 Å². The molecule has 1 aromatic rings. The lowest BCUT2D eigenvalue weighted by Crippen LogP contribution is -2.33. The van der Waals surface area contributed by atoms with Crippen molar-refractivity contribution in [1.29, 1.82) is 0 Å². The Bertz CT molecular complexity index is 570. The summed E-state index contributed by atoms with van der Waals surface area (Å²) in [5, 5.41) is 0.532. The van der Waals surface area contributed by atoms with E-state index in [0.29, 0.717) is 10.8 Å². The normalized spacial score (nSPS) is 21.8. The molecule has 2 heterocycles. The Kier molecular flexibility index (Phi) is 3.21. The van der Waals surface area contributed by atoms with Crippen LogP contribution < -0.4 is 10.6 Å². The molecule has 0 aromatic carbocycles. The predicted octanol–water partition coefficient (Wildman–Crippen LogP) is 1.90. The fraction of sp³-hybridized carbons (Fsp3) is 0.750. The third-order valence-electron chi connectivity index (χ3n) is 3.98. The van der Waals surface area contributed by atoms with Crippen molar-refractivity contribution < 1.29 is 8.42 Å². The highest BCUT2D eigenvalue weighted by Crippen LogP contribution is 2.43. The summed E-state index contributed by atoms with van der Waals surface area (Å²) in [6, 6.07) is 0. The van der Waals surface area contributed by atoms with Crippen LogP contribution in [0.4, 0.5) is 10.8 Å². The monoisotopic (exact) mass is 301 g/mol. The molecule has 2 N–H and O–H groups in total. The van der Waals surface area contributed by atoms with Crippen molar-refractivity contribution in [2.45, 2.75) is 42.8 Å². The third-order valence-corrected chi connectivity index (χ3v) is 7.35. The standard InChI is InChI=1S/C12H19N3O2S2/c1-8-4-6-15(7-5-8)12-10(11(13)14-18-12)19(16,17)9-2-3-9/h8-9H,2-7H2,1H3,(H2,13,14). The van der Waals surface area contributed by atoms with Gasteiger partial charge in [0.05, 0.1) is 5.25 Å². The fourth-order valence-electron chi connectivity index (χ4n) is 2.51. The second kappa shape index (κ2) is 4.63. The molecule has 1 aliphatic carbocycles. The van der Waals surface area contributed by atoms with Crippen LogP contribution in [0.1, 0.15) is 32.6 Å². The molecular weight excluding hydrogens is 282 g/mol. The Balaban J connectivity index is 1.95. The topological polar surface area (TPSA) is 76.3 Å². The smallest absolute Gasteiger partial charge is 0.187 e. The molecule has 0 amide bonds. The second-order valence-electron chi connectivity index (χ2n) is 5.62. The summed E-state index contributed by atoms with van der Waals surface area (Å²) in [7, 11) is -3.27. The lowest BCUT2D eigenvalue weighted by molar-refractivity contribution is 0.438. The summed E-state index contributed by atoms with van der Waals surface area (Å²) >= 11 is 1.23. The predicted molar refractivity (Wildman–Crippen MR) is 77.3 cm³/mol. The molecule has 0 atom stereocenters. The molecule has 2 aliphatic rings. The molecule has 5 nitrogen and oxygen atoms in total. The van der Waals surface area contributed by atoms with Gasteiger partial charge >= 0.3 is 0 Å². The van der Waals surface area contributed by atoms with Crippen molar-refractivity contribution in [3.63, 3.8) is 0 Å². The van der Waals surface area contributed by atoms with Crippen LogP contribution in [0.2, 0.25) is 0 Å². The van der Waals surface area contributed by atoms with E-state index >= 15 is 0 Å². The van der Waals surface area contributed by atoms with Gasteiger partial charge in [0.1, 0.15) is 9.90 Å². The van der Waals surface area contributed by atoms with E-state index in [2.05, 4.69) is 16.2 Å². The van der Waals surface area contributed by atoms with Gasteiger partial charge in [-0.1, -0.05) is 6.92 Å². The molecule has 0 bridgehead atoms. The summed E-state index contributed by atoms with van der Waals surface area (Å²) in [6.45, 7) is 4.03. The van der Waals surface area contributed by atoms with Gasteiger partial charge in [0, 0.05) is 13.1 Å². The van der Waals surface area contributed by atoms with Gasteiger partial charge in [-0.05, 0) is 43.1 Å². The molecule has 7 heteroatoms. The van der Waals surface area contributed by atoms with Gasteiger partial charge in [0.25, 0.3) is 0 Å². The minimum atomic E-state index is -3.27. The van der Waals surface area contributed by atoms with Crippen LogP contribution in [0.3, 0.4) is 0 Å². The van der Waals surface area contributed by atoms with Gasteiger partial charge in [-0.2, -0.15) is 4.37 Å². The van der Waals surface area contributed by atoms with Crippen LogP contribution >= 0.6 is 11.5 Å². The van der Waals surface area contributed by atoms with E-state index in [9.17, 15) is 8.42 Å². The van der Waals surface area contributed by atoms with E-state index in [4.69, 9.17) is 5.73 Å². The summed E-state index contributed by atoms with van der Waals surface area (Å²) in [6.07, 6.45) is 3.71. The van der Waals surface area contributed by atoms with Crippen molar-refractivity contribution in [3.05, 3.63) is 0 Å². The number of aromatic nitrogens is 1. The molecule has 0 spiro atoms. The maximum Gasteiger partial charge on any atom is 0.187 e. The molecule has 1 aromatic heterocycles. The van der Waals surface area contributed by atoms with Crippen molar-refractivity contribution >= 4 is 32.2 Å². The quantitative estimate of drug-likeness (QED) is 0.922. The maximum atomic E-state index is 12.5. The molecule has 0 radical (unpaired) electrons. The molecule has 19 heavy (non-hydrogen) atoms. The van der Waals surface area contributed by atoms with E-state index in [-0.39, 0.29) is 11.1 Å². The summed E-state index contributed by atoms with van der Waals surface area (Å²) in [4.78, 5) is 2.44. The zero-order valence-electron chi connectivity index (χ0n) is 11.0. The van der Waals surface area contributed by atoms with E-state index in [0.717, 1.165) is 43.8 Å². The third kappa shape index (κ3) is 2.33. The van der Waals surface area contributed by atoms with Crippen LogP contribution in [0.25, 0.3) is 0 Å². The molecule has 1 saturated carbocycles. The van der Waals surface area contributed by atoms with Crippen LogP contribution in [-0.2, 0) is 9.84 Å². The molecule has 0 unspecified atom stereocenters. The highest BCUT2D eigenvalue weighted by molar-refractivity contribution is 7.92. The van der Waals surface area contributed by atoms with E-state index < -0.39 is 9.84 Å². The largest absolute Gasteiger partial charge is 0.382 e. The van der Waals surface area contributed by atoms with Crippen LogP contribution in [0.5, 0.6) is 0 Å². The van der Waals surface area contributed by atoms with Gasteiger partial charge in [0.2, 0.25) is 0 Å². The van der Waals surface area contributed by atoms with E-state index in [1.807, 2.05) is 0 Å². The summed E-state index contributed by atoms with van der Waals surface area (Å²) in [5.41, 5.74) is 5.82. The van der Waals surface area contributed by atoms with E-state index in [1.165, 1.54) is 11.5 Å². The Morgan fingerprint density at radius 2 is 1.89 bits per heavy atom. The summed E-state index contributed by atoms with van der Waals surface area (Å²) < 4.78 is 29.0. The second-order valence-corrected chi connectivity index (χ2v) is 8.53. The first-order chi connectivity index (χ1) is 9.00. The number of piperidine rings is 1. The van der Waals surface area contributed by atoms with Crippen molar-refractivity contribution in [2.75, 3.05) is 23.7 Å². The zero-order valence-corrected chi connectivity index (χ0v) is 12.6. The molecule has 2 fully saturated rings.